The number of halogens is 1. The lowest BCUT2D eigenvalue weighted by molar-refractivity contribution is -0.386. The predicted octanol–water partition coefficient (Wildman–Crippen LogP) is 1.47. The number of hydrogen-bond donors (Lipinski definition) is 1. The summed E-state index contributed by atoms with van der Waals surface area (Å²) in [6.07, 6.45) is 0.647. The molecule has 0 amide bonds. The Kier molecular flexibility index (Phi) is 3.00. The fourth-order valence-electron chi connectivity index (χ4n) is 1.64. The molecule has 0 radical (unpaired) electrons. The van der Waals surface area contributed by atoms with Gasteiger partial charge in [0.05, 0.1) is 4.92 Å². The van der Waals surface area contributed by atoms with Crippen LogP contribution in [0.5, 0.6) is 5.75 Å². The van der Waals surface area contributed by atoms with Crippen LogP contribution in [0, 0.1) is 15.9 Å². The van der Waals surface area contributed by atoms with E-state index in [1.54, 1.807) is 0 Å². The maximum absolute atomic E-state index is 13.0. The minimum Gasteiger partial charge on any atom is -0.482 e. The van der Waals surface area contributed by atoms with Crippen molar-refractivity contribution < 1.29 is 14.1 Å². The number of nitro benzene ring substituents is 1. The van der Waals surface area contributed by atoms with E-state index in [1.165, 1.54) is 0 Å². The Balaban J connectivity index is 2.22. The summed E-state index contributed by atoms with van der Waals surface area (Å²) in [6.45, 7) is 1.45. The Bertz CT molecular complexity index is 405. The third kappa shape index (κ3) is 2.27. The summed E-state index contributed by atoms with van der Waals surface area (Å²) in [6, 6.07) is 3.22. The van der Waals surface area contributed by atoms with Gasteiger partial charge in [-0.3, -0.25) is 10.1 Å². The molecule has 1 atom stereocenters. The van der Waals surface area contributed by atoms with Gasteiger partial charge < -0.3 is 10.1 Å². The second-order valence-corrected chi connectivity index (χ2v) is 3.60. The van der Waals surface area contributed by atoms with Gasteiger partial charge in [0.15, 0.2) is 5.75 Å². The Morgan fingerprint density at radius 3 is 3.00 bits per heavy atom. The van der Waals surface area contributed by atoms with Crippen LogP contribution in [-0.4, -0.2) is 24.1 Å². The summed E-state index contributed by atoms with van der Waals surface area (Å²) in [5, 5.41) is 13.8. The number of hydrogen-bond acceptors (Lipinski definition) is 4. The van der Waals surface area contributed by atoms with E-state index in [9.17, 15) is 14.5 Å². The van der Waals surface area contributed by atoms with Crippen molar-refractivity contribution in [2.75, 3.05) is 13.1 Å². The van der Waals surface area contributed by atoms with Gasteiger partial charge >= 0.3 is 5.69 Å². The zero-order valence-electron chi connectivity index (χ0n) is 8.48. The van der Waals surface area contributed by atoms with E-state index in [2.05, 4.69) is 5.32 Å². The van der Waals surface area contributed by atoms with Crippen molar-refractivity contribution in [3.05, 3.63) is 34.1 Å². The first kappa shape index (κ1) is 10.8. The molecule has 0 unspecified atom stereocenters. The molecule has 1 aliphatic heterocycles. The molecule has 1 aromatic rings. The van der Waals surface area contributed by atoms with E-state index in [0.29, 0.717) is 6.54 Å². The fraction of sp³-hybridized carbons (Fsp3) is 0.400. The van der Waals surface area contributed by atoms with Crippen LogP contribution in [-0.2, 0) is 0 Å². The molecular weight excluding hydrogens is 215 g/mol. The topological polar surface area (TPSA) is 64.4 Å². The maximum atomic E-state index is 13.0. The summed E-state index contributed by atoms with van der Waals surface area (Å²) in [5.74, 6) is -0.537. The highest BCUT2D eigenvalue weighted by Gasteiger charge is 2.22. The van der Waals surface area contributed by atoms with Crippen molar-refractivity contribution in [3.8, 4) is 5.75 Å². The molecule has 2 rings (SSSR count). The summed E-state index contributed by atoms with van der Waals surface area (Å²) in [7, 11) is 0. The standard InChI is InChI=1S/C10H11FN2O3/c11-7-1-2-9(13(14)15)10(5-7)16-8-3-4-12-6-8/h1-2,5,8,12H,3-4,6H2/t8-/m0/s1. The molecule has 0 spiro atoms. The highest BCUT2D eigenvalue weighted by atomic mass is 19.1. The number of nitrogens with zero attached hydrogens (tertiary/aromatic N) is 1. The van der Waals surface area contributed by atoms with E-state index in [0.717, 1.165) is 31.2 Å². The number of nitro groups is 1. The number of nitrogens with one attached hydrogen (secondary N) is 1. The van der Waals surface area contributed by atoms with Crippen molar-refractivity contribution in [2.24, 2.45) is 0 Å². The zero-order valence-corrected chi connectivity index (χ0v) is 8.48. The predicted molar refractivity (Wildman–Crippen MR) is 55.0 cm³/mol. The molecule has 1 N–H and O–H groups in total. The highest BCUT2D eigenvalue weighted by Crippen LogP contribution is 2.29. The molecule has 0 saturated carbocycles. The minimum atomic E-state index is -0.572. The largest absolute Gasteiger partial charge is 0.482 e. The van der Waals surface area contributed by atoms with Gasteiger partial charge in [0, 0.05) is 18.7 Å². The van der Waals surface area contributed by atoms with E-state index in [4.69, 9.17) is 4.74 Å². The van der Waals surface area contributed by atoms with Crippen molar-refractivity contribution in [2.45, 2.75) is 12.5 Å². The molecule has 0 aromatic heterocycles. The Hall–Kier alpha value is -1.69. The number of rotatable bonds is 3. The van der Waals surface area contributed by atoms with Crippen LogP contribution in [0.1, 0.15) is 6.42 Å². The minimum absolute atomic E-state index is 0.00120. The van der Waals surface area contributed by atoms with Gasteiger partial charge in [0.2, 0.25) is 0 Å². The number of benzene rings is 1. The van der Waals surface area contributed by atoms with E-state index < -0.39 is 10.7 Å². The van der Waals surface area contributed by atoms with Crippen LogP contribution in [0.2, 0.25) is 0 Å². The molecule has 0 bridgehead atoms. The van der Waals surface area contributed by atoms with Crippen molar-refractivity contribution in [1.82, 2.24) is 5.32 Å². The summed E-state index contributed by atoms with van der Waals surface area (Å²) < 4.78 is 18.4. The Labute approximate surface area is 91.4 Å². The molecule has 1 aromatic carbocycles. The summed E-state index contributed by atoms with van der Waals surface area (Å²) in [5.41, 5.74) is -0.201. The van der Waals surface area contributed by atoms with Crippen LogP contribution < -0.4 is 10.1 Å². The lowest BCUT2D eigenvalue weighted by Gasteiger charge is -2.12. The first-order chi connectivity index (χ1) is 7.66. The van der Waals surface area contributed by atoms with Crippen molar-refractivity contribution >= 4 is 5.69 Å². The van der Waals surface area contributed by atoms with Crippen LogP contribution in [0.3, 0.4) is 0 Å². The summed E-state index contributed by atoms with van der Waals surface area (Å²) >= 11 is 0. The van der Waals surface area contributed by atoms with E-state index in [1.807, 2.05) is 0 Å². The monoisotopic (exact) mass is 226 g/mol. The van der Waals surface area contributed by atoms with Crippen LogP contribution in [0.15, 0.2) is 18.2 Å². The third-order valence-corrected chi connectivity index (χ3v) is 2.43. The molecule has 0 aliphatic carbocycles. The maximum Gasteiger partial charge on any atom is 0.311 e. The number of ether oxygens (including phenoxy) is 1. The lowest BCUT2D eigenvalue weighted by atomic mass is 10.2. The average Bonchev–Trinajstić information content (AvgIpc) is 2.70. The molecule has 16 heavy (non-hydrogen) atoms. The van der Waals surface area contributed by atoms with E-state index >= 15 is 0 Å². The normalized spacial score (nSPS) is 19.7. The quantitative estimate of drug-likeness (QED) is 0.626. The average molecular weight is 226 g/mol. The van der Waals surface area contributed by atoms with Crippen LogP contribution in [0.4, 0.5) is 10.1 Å². The van der Waals surface area contributed by atoms with E-state index in [-0.39, 0.29) is 17.5 Å². The first-order valence-electron chi connectivity index (χ1n) is 4.98. The third-order valence-electron chi connectivity index (χ3n) is 2.43. The van der Waals surface area contributed by atoms with Gasteiger partial charge in [-0.1, -0.05) is 0 Å². The van der Waals surface area contributed by atoms with Crippen LogP contribution in [0.25, 0.3) is 0 Å². The molecule has 1 fully saturated rings. The zero-order chi connectivity index (χ0) is 11.5. The fourth-order valence-corrected chi connectivity index (χ4v) is 1.64. The second kappa shape index (κ2) is 4.44. The summed E-state index contributed by atoms with van der Waals surface area (Å²) in [4.78, 5) is 10.1. The second-order valence-electron chi connectivity index (χ2n) is 3.60. The van der Waals surface area contributed by atoms with Gasteiger partial charge in [0.1, 0.15) is 11.9 Å². The van der Waals surface area contributed by atoms with Crippen molar-refractivity contribution in [1.29, 1.82) is 0 Å². The Morgan fingerprint density at radius 2 is 2.38 bits per heavy atom. The van der Waals surface area contributed by atoms with Gasteiger partial charge in [-0.15, -0.1) is 0 Å². The van der Waals surface area contributed by atoms with Gasteiger partial charge in [-0.05, 0) is 19.0 Å². The van der Waals surface area contributed by atoms with Gasteiger partial charge in [-0.25, -0.2) is 4.39 Å². The smallest absolute Gasteiger partial charge is 0.311 e. The molecule has 1 saturated heterocycles. The molecule has 6 heteroatoms. The molecule has 86 valence electrons. The highest BCUT2D eigenvalue weighted by molar-refractivity contribution is 5.46. The van der Waals surface area contributed by atoms with Crippen molar-refractivity contribution in [3.63, 3.8) is 0 Å². The molecular formula is C10H11FN2O3. The lowest BCUT2D eigenvalue weighted by Crippen LogP contribution is -2.20. The first-order valence-corrected chi connectivity index (χ1v) is 4.98. The molecule has 1 heterocycles. The van der Waals surface area contributed by atoms with Gasteiger partial charge in [-0.2, -0.15) is 0 Å². The molecule has 5 nitrogen and oxygen atoms in total. The SMILES string of the molecule is O=[N+]([O-])c1ccc(F)cc1O[C@H]1CCNC1. The van der Waals surface area contributed by atoms with Crippen LogP contribution >= 0.6 is 0 Å². The Morgan fingerprint density at radius 1 is 1.56 bits per heavy atom. The van der Waals surface area contributed by atoms with Gasteiger partial charge in [0.25, 0.3) is 0 Å². The molecule has 1 aliphatic rings.